The van der Waals surface area contributed by atoms with Crippen molar-refractivity contribution in [3.63, 3.8) is 0 Å². The Labute approximate surface area is 159 Å². The molecule has 3 rings (SSSR count). The molecular weight excluding hydrogens is 346 g/mol. The normalized spacial score (nSPS) is 11.4. The van der Waals surface area contributed by atoms with Crippen LogP contribution in [0.1, 0.15) is 28.7 Å². The Bertz CT molecular complexity index is 740. The van der Waals surface area contributed by atoms with E-state index in [9.17, 15) is 9.90 Å². The smallest absolute Gasteiger partial charge is 0.233 e. The third-order valence-corrected chi connectivity index (χ3v) is 4.12. The predicted molar refractivity (Wildman–Crippen MR) is 106 cm³/mol. The summed E-state index contributed by atoms with van der Waals surface area (Å²) in [7, 11) is 0. The maximum absolute atomic E-state index is 11.5. The van der Waals surface area contributed by atoms with Crippen LogP contribution in [-0.2, 0) is 4.79 Å². The van der Waals surface area contributed by atoms with E-state index in [0.717, 1.165) is 16.7 Å². The van der Waals surface area contributed by atoms with E-state index < -0.39 is 6.10 Å². The maximum atomic E-state index is 11.5. The van der Waals surface area contributed by atoms with Crippen LogP contribution in [0.2, 0.25) is 0 Å². The lowest BCUT2D eigenvalue weighted by molar-refractivity contribution is -0.112. The summed E-state index contributed by atoms with van der Waals surface area (Å²) in [4.78, 5) is 11.5. The molecule has 3 aromatic carbocycles. The van der Waals surface area contributed by atoms with Gasteiger partial charge < -0.3 is 10.8 Å². The lowest BCUT2D eigenvalue weighted by Gasteiger charge is -2.12. The zero-order chi connectivity index (χ0) is 18.8. The van der Waals surface area contributed by atoms with Crippen molar-refractivity contribution in [3.8, 4) is 0 Å². The van der Waals surface area contributed by atoms with Gasteiger partial charge in [-0.05, 0) is 28.3 Å². The van der Waals surface area contributed by atoms with E-state index in [0.29, 0.717) is 0 Å². The second-order valence-corrected chi connectivity index (χ2v) is 6.09. The Morgan fingerprint density at radius 2 is 1.12 bits per heavy atom. The molecule has 3 aromatic rings. The first kappa shape index (κ1) is 19.9. The molecule has 3 N–H and O–H groups in total. The summed E-state index contributed by atoms with van der Waals surface area (Å²) in [5, 5.41) is 8.85. The molecule has 0 saturated heterocycles. The average molecular weight is 368 g/mol. The lowest BCUT2D eigenvalue weighted by Crippen LogP contribution is -2.10. The highest BCUT2D eigenvalue weighted by molar-refractivity contribution is 6.65. The van der Waals surface area contributed by atoms with E-state index in [-0.39, 0.29) is 17.7 Å². The molecular formula is C22H22ClNO2. The molecule has 1 unspecified atom stereocenters. The second kappa shape index (κ2) is 10.5. The Morgan fingerprint density at radius 1 is 0.769 bits per heavy atom. The fraction of sp³-hybridized carbons (Fsp3) is 0.136. The molecule has 0 aliphatic heterocycles. The van der Waals surface area contributed by atoms with E-state index in [4.69, 9.17) is 17.3 Å². The maximum Gasteiger partial charge on any atom is 0.233 e. The van der Waals surface area contributed by atoms with Crippen LogP contribution in [0.3, 0.4) is 0 Å². The van der Waals surface area contributed by atoms with Crippen LogP contribution in [-0.4, -0.2) is 16.9 Å². The van der Waals surface area contributed by atoms with Crippen molar-refractivity contribution in [2.75, 3.05) is 6.54 Å². The van der Waals surface area contributed by atoms with Crippen LogP contribution >= 0.6 is 11.6 Å². The lowest BCUT2D eigenvalue weighted by atomic mass is 9.93. The summed E-state index contributed by atoms with van der Waals surface area (Å²) in [6.07, 6.45) is -0.513. The third kappa shape index (κ3) is 5.81. The average Bonchev–Trinajstić information content (AvgIpc) is 2.70. The number of aliphatic hydroxyl groups is 1. The molecule has 0 bridgehead atoms. The topological polar surface area (TPSA) is 63.3 Å². The van der Waals surface area contributed by atoms with Gasteiger partial charge in [0.2, 0.25) is 5.24 Å². The number of rotatable bonds is 5. The number of nitrogens with two attached hydrogens (primary N) is 1. The molecule has 4 heteroatoms. The SMILES string of the molecule is NCC(O)c1ccccc1.O=C(Cl)C(c1ccccc1)c1ccccc1. The number of aliphatic hydroxyl groups excluding tert-OH is 1. The minimum absolute atomic E-state index is 0.282. The van der Waals surface area contributed by atoms with Crippen molar-refractivity contribution < 1.29 is 9.90 Å². The first-order valence-electron chi connectivity index (χ1n) is 8.35. The van der Waals surface area contributed by atoms with Crippen molar-refractivity contribution in [2.45, 2.75) is 12.0 Å². The zero-order valence-corrected chi connectivity index (χ0v) is 15.1. The summed E-state index contributed by atoms with van der Waals surface area (Å²) < 4.78 is 0. The number of halogens is 1. The number of hydrogen-bond acceptors (Lipinski definition) is 3. The van der Waals surface area contributed by atoms with Crippen LogP contribution in [0.4, 0.5) is 0 Å². The molecule has 0 aliphatic rings. The van der Waals surface area contributed by atoms with Crippen molar-refractivity contribution in [2.24, 2.45) is 5.73 Å². The van der Waals surface area contributed by atoms with Gasteiger partial charge in [-0.2, -0.15) is 0 Å². The largest absolute Gasteiger partial charge is 0.387 e. The fourth-order valence-electron chi connectivity index (χ4n) is 2.56. The summed E-state index contributed by atoms with van der Waals surface area (Å²) in [5.41, 5.74) is 7.98. The van der Waals surface area contributed by atoms with Gasteiger partial charge in [0.15, 0.2) is 0 Å². The van der Waals surface area contributed by atoms with Gasteiger partial charge >= 0.3 is 0 Å². The second-order valence-electron chi connectivity index (χ2n) is 5.72. The highest BCUT2D eigenvalue weighted by Gasteiger charge is 2.19. The van der Waals surface area contributed by atoms with Gasteiger partial charge in [-0.3, -0.25) is 4.79 Å². The van der Waals surface area contributed by atoms with Crippen LogP contribution in [0.25, 0.3) is 0 Å². The number of benzene rings is 3. The Balaban J connectivity index is 0.000000209. The molecule has 0 fully saturated rings. The van der Waals surface area contributed by atoms with E-state index in [1.165, 1.54) is 0 Å². The molecule has 0 heterocycles. The molecule has 3 nitrogen and oxygen atoms in total. The van der Waals surface area contributed by atoms with Crippen LogP contribution < -0.4 is 5.73 Å². The first-order valence-corrected chi connectivity index (χ1v) is 8.73. The highest BCUT2D eigenvalue weighted by Crippen LogP contribution is 2.26. The van der Waals surface area contributed by atoms with Gasteiger partial charge in [-0.25, -0.2) is 0 Å². The Kier molecular flexibility index (Phi) is 8.03. The standard InChI is InChI=1S/C14H11ClO.C8H11NO/c15-14(16)13(11-7-3-1-4-8-11)12-9-5-2-6-10-12;9-6-8(10)7-4-2-1-3-5-7/h1-10,13H;1-5,8,10H,6,9H2. The monoisotopic (exact) mass is 367 g/mol. The summed E-state index contributed by atoms with van der Waals surface area (Å²) in [6.45, 7) is 0.282. The van der Waals surface area contributed by atoms with Gasteiger partial charge in [0.05, 0.1) is 12.0 Å². The number of carbonyl (C=O) groups excluding carboxylic acids is 1. The quantitative estimate of drug-likeness (QED) is 0.662. The molecule has 1 atom stereocenters. The molecule has 0 saturated carbocycles. The molecule has 0 spiro atoms. The first-order chi connectivity index (χ1) is 12.6. The highest BCUT2D eigenvalue weighted by atomic mass is 35.5. The van der Waals surface area contributed by atoms with Gasteiger partial charge in [-0.15, -0.1) is 0 Å². The van der Waals surface area contributed by atoms with Gasteiger partial charge in [-0.1, -0.05) is 91.0 Å². The van der Waals surface area contributed by atoms with E-state index >= 15 is 0 Å². The van der Waals surface area contributed by atoms with Crippen LogP contribution in [0.15, 0.2) is 91.0 Å². The zero-order valence-electron chi connectivity index (χ0n) is 14.3. The molecule has 26 heavy (non-hydrogen) atoms. The summed E-state index contributed by atoms with van der Waals surface area (Å²) in [5.74, 6) is -0.371. The van der Waals surface area contributed by atoms with Crippen molar-refractivity contribution >= 4 is 16.8 Å². The third-order valence-electron chi connectivity index (χ3n) is 3.90. The fourth-order valence-corrected chi connectivity index (χ4v) is 2.81. The number of hydrogen-bond donors (Lipinski definition) is 2. The Hall–Kier alpha value is -2.46. The minimum Gasteiger partial charge on any atom is -0.387 e. The van der Waals surface area contributed by atoms with Crippen molar-refractivity contribution in [1.29, 1.82) is 0 Å². The summed E-state index contributed by atoms with van der Waals surface area (Å²) >= 11 is 5.67. The molecule has 0 aromatic heterocycles. The van der Waals surface area contributed by atoms with Crippen molar-refractivity contribution in [1.82, 2.24) is 0 Å². The summed E-state index contributed by atoms with van der Waals surface area (Å²) in [6, 6.07) is 28.5. The van der Waals surface area contributed by atoms with Crippen molar-refractivity contribution in [3.05, 3.63) is 108 Å². The molecule has 0 aliphatic carbocycles. The predicted octanol–water partition coefficient (Wildman–Crippen LogP) is 4.26. The minimum atomic E-state index is -0.513. The van der Waals surface area contributed by atoms with Gasteiger partial charge in [0.25, 0.3) is 0 Å². The van der Waals surface area contributed by atoms with Gasteiger partial charge in [0.1, 0.15) is 0 Å². The van der Waals surface area contributed by atoms with Gasteiger partial charge in [0, 0.05) is 6.54 Å². The Morgan fingerprint density at radius 3 is 1.42 bits per heavy atom. The van der Waals surface area contributed by atoms with E-state index in [1.807, 2.05) is 91.0 Å². The molecule has 0 radical (unpaired) electrons. The molecule has 0 amide bonds. The molecule has 134 valence electrons. The van der Waals surface area contributed by atoms with E-state index in [1.54, 1.807) is 0 Å². The number of carbonyl (C=O) groups is 1. The van der Waals surface area contributed by atoms with Crippen LogP contribution in [0, 0.1) is 0 Å². The van der Waals surface area contributed by atoms with Crippen LogP contribution in [0.5, 0.6) is 0 Å². The van der Waals surface area contributed by atoms with E-state index in [2.05, 4.69) is 0 Å².